The van der Waals surface area contributed by atoms with Gasteiger partial charge in [0.2, 0.25) is 11.8 Å². The minimum Gasteiger partial charge on any atom is -0.497 e. The van der Waals surface area contributed by atoms with Crippen LogP contribution in [0.15, 0.2) is 42.5 Å². The fourth-order valence-electron chi connectivity index (χ4n) is 2.37. The molecule has 0 unspecified atom stereocenters. The molecule has 0 saturated carbocycles. The zero-order chi connectivity index (χ0) is 19.8. The van der Waals surface area contributed by atoms with E-state index in [1.807, 2.05) is 6.92 Å². The summed E-state index contributed by atoms with van der Waals surface area (Å²) in [6, 6.07) is 11.0. The van der Waals surface area contributed by atoms with Gasteiger partial charge in [0.15, 0.2) is 0 Å². The van der Waals surface area contributed by atoms with Crippen molar-refractivity contribution in [1.82, 2.24) is 4.90 Å². The largest absolute Gasteiger partial charge is 0.497 e. The second-order valence-electron chi connectivity index (χ2n) is 5.76. The van der Waals surface area contributed by atoms with E-state index in [9.17, 15) is 14.0 Å². The molecular weight excluding hydrogens is 373 g/mol. The van der Waals surface area contributed by atoms with Crippen molar-refractivity contribution in [3.63, 3.8) is 0 Å². The monoisotopic (exact) mass is 393 g/mol. The third-order valence-electron chi connectivity index (χ3n) is 3.74. The maximum absolute atomic E-state index is 13.8. The predicted octanol–water partition coefficient (Wildman–Crippen LogP) is 3.39. The highest BCUT2D eigenvalue weighted by Gasteiger charge is 2.15. The van der Waals surface area contributed by atoms with Crippen LogP contribution in [-0.4, -0.2) is 43.5 Å². The zero-order valence-electron chi connectivity index (χ0n) is 15.1. The number of carbonyl (C=O) groups is 2. The summed E-state index contributed by atoms with van der Waals surface area (Å²) in [5.41, 5.74) is 0.643. The van der Waals surface area contributed by atoms with Crippen LogP contribution in [-0.2, 0) is 9.59 Å². The van der Waals surface area contributed by atoms with Crippen LogP contribution in [0.1, 0.15) is 6.92 Å². The zero-order valence-corrected chi connectivity index (χ0v) is 15.8. The van der Waals surface area contributed by atoms with Gasteiger partial charge in [-0.2, -0.15) is 0 Å². The molecule has 2 rings (SSSR count). The molecule has 2 N–H and O–H groups in total. The third kappa shape index (κ3) is 6.54. The van der Waals surface area contributed by atoms with Gasteiger partial charge in [0.1, 0.15) is 11.6 Å². The van der Waals surface area contributed by atoms with Crippen molar-refractivity contribution in [2.75, 3.05) is 37.4 Å². The molecule has 27 heavy (non-hydrogen) atoms. The molecule has 0 atom stereocenters. The number of anilines is 2. The summed E-state index contributed by atoms with van der Waals surface area (Å²) < 4.78 is 18.9. The van der Waals surface area contributed by atoms with Gasteiger partial charge in [-0.25, -0.2) is 4.39 Å². The van der Waals surface area contributed by atoms with Gasteiger partial charge >= 0.3 is 0 Å². The minimum absolute atomic E-state index is 0.0181. The number of halogens is 2. The number of likely N-dealkylation sites (N-methyl/N-ethyl adjacent to an activating group) is 1. The van der Waals surface area contributed by atoms with Crippen LogP contribution in [0, 0.1) is 5.82 Å². The molecule has 2 amide bonds. The molecule has 0 radical (unpaired) electrons. The van der Waals surface area contributed by atoms with Crippen LogP contribution in [0.5, 0.6) is 5.75 Å². The normalized spacial score (nSPS) is 10.6. The molecule has 6 nitrogen and oxygen atoms in total. The molecule has 0 bridgehead atoms. The number of hydrogen-bond donors (Lipinski definition) is 2. The molecule has 0 aliphatic heterocycles. The van der Waals surface area contributed by atoms with Crippen molar-refractivity contribution < 1.29 is 18.7 Å². The fourth-order valence-corrected chi connectivity index (χ4v) is 2.53. The summed E-state index contributed by atoms with van der Waals surface area (Å²) in [4.78, 5) is 26.0. The second-order valence-corrected chi connectivity index (χ2v) is 6.19. The summed E-state index contributed by atoms with van der Waals surface area (Å²) >= 11 is 5.69. The molecule has 2 aromatic carbocycles. The maximum atomic E-state index is 13.8. The molecule has 0 aliphatic carbocycles. The first-order valence-corrected chi connectivity index (χ1v) is 8.70. The first-order valence-electron chi connectivity index (χ1n) is 8.32. The molecule has 8 heteroatoms. The van der Waals surface area contributed by atoms with Crippen molar-refractivity contribution in [1.29, 1.82) is 0 Å². The van der Waals surface area contributed by atoms with Crippen LogP contribution in [0.4, 0.5) is 15.8 Å². The Hall–Kier alpha value is -2.64. The molecule has 2 aromatic rings. The highest BCUT2D eigenvalue weighted by atomic mass is 35.5. The lowest BCUT2D eigenvalue weighted by atomic mass is 10.3. The number of carbonyl (C=O) groups excluding carboxylic acids is 2. The number of nitrogens with zero attached hydrogens (tertiary/aromatic N) is 1. The van der Waals surface area contributed by atoms with Crippen molar-refractivity contribution in [3.05, 3.63) is 53.3 Å². The number of hydrogen-bond acceptors (Lipinski definition) is 4. The van der Waals surface area contributed by atoms with Crippen molar-refractivity contribution in [3.8, 4) is 5.75 Å². The molecular formula is C19H21ClFN3O3. The molecule has 0 fully saturated rings. The average Bonchev–Trinajstić information content (AvgIpc) is 2.63. The summed E-state index contributed by atoms with van der Waals surface area (Å²) in [7, 11) is 1.54. The Labute approximate surface area is 162 Å². The maximum Gasteiger partial charge on any atom is 0.238 e. The first kappa shape index (κ1) is 20.7. The Balaban J connectivity index is 1.89. The van der Waals surface area contributed by atoms with E-state index in [4.69, 9.17) is 16.3 Å². The summed E-state index contributed by atoms with van der Waals surface area (Å²) in [6.07, 6.45) is 0. The summed E-state index contributed by atoms with van der Waals surface area (Å²) in [5, 5.41) is 5.48. The molecule has 0 saturated heterocycles. The topological polar surface area (TPSA) is 70.7 Å². The minimum atomic E-state index is -0.616. The number of amides is 2. The van der Waals surface area contributed by atoms with Gasteiger partial charge in [-0.15, -0.1) is 0 Å². The van der Waals surface area contributed by atoms with Crippen LogP contribution < -0.4 is 15.4 Å². The van der Waals surface area contributed by atoms with Gasteiger partial charge in [-0.05, 0) is 36.9 Å². The fraction of sp³-hybridized carbons (Fsp3) is 0.263. The van der Waals surface area contributed by atoms with E-state index in [-0.39, 0.29) is 29.7 Å². The number of rotatable bonds is 8. The van der Waals surface area contributed by atoms with Gasteiger partial charge in [0, 0.05) is 16.8 Å². The third-order valence-corrected chi connectivity index (χ3v) is 3.98. The van der Waals surface area contributed by atoms with Gasteiger partial charge < -0.3 is 15.4 Å². The molecule has 144 valence electrons. The first-order chi connectivity index (χ1) is 12.9. The Morgan fingerprint density at radius 3 is 2.44 bits per heavy atom. The Kier molecular flexibility index (Phi) is 7.57. The highest BCUT2D eigenvalue weighted by molar-refractivity contribution is 6.30. The Bertz CT molecular complexity index is 817. The molecule has 0 aromatic heterocycles. The Morgan fingerprint density at radius 2 is 1.81 bits per heavy atom. The predicted molar refractivity (Wildman–Crippen MR) is 104 cm³/mol. The van der Waals surface area contributed by atoms with Gasteiger partial charge in [0.25, 0.3) is 0 Å². The van der Waals surface area contributed by atoms with E-state index < -0.39 is 11.7 Å². The van der Waals surface area contributed by atoms with E-state index in [1.54, 1.807) is 36.3 Å². The lowest BCUT2D eigenvalue weighted by molar-refractivity contribution is -0.119. The highest BCUT2D eigenvalue weighted by Crippen LogP contribution is 2.19. The van der Waals surface area contributed by atoms with E-state index in [2.05, 4.69) is 10.6 Å². The Morgan fingerprint density at radius 1 is 1.11 bits per heavy atom. The SMILES string of the molecule is CCN(CC(=O)Nc1cccc(OC)c1)CC(=O)Nc1ccc(Cl)cc1F. The summed E-state index contributed by atoms with van der Waals surface area (Å²) in [5.74, 6) is -0.679. The smallest absolute Gasteiger partial charge is 0.238 e. The van der Waals surface area contributed by atoms with Crippen LogP contribution in [0.3, 0.4) is 0 Å². The van der Waals surface area contributed by atoms with Gasteiger partial charge in [0.05, 0.1) is 25.9 Å². The number of benzene rings is 2. The lowest BCUT2D eigenvalue weighted by Gasteiger charge is -2.19. The quantitative estimate of drug-likeness (QED) is 0.721. The van der Waals surface area contributed by atoms with E-state index in [0.29, 0.717) is 18.0 Å². The van der Waals surface area contributed by atoms with Crippen molar-refractivity contribution in [2.45, 2.75) is 6.92 Å². The van der Waals surface area contributed by atoms with Crippen molar-refractivity contribution >= 4 is 34.8 Å². The van der Waals surface area contributed by atoms with Gasteiger partial charge in [-0.3, -0.25) is 14.5 Å². The average molecular weight is 394 g/mol. The number of methoxy groups -OCH3 is 1. The standard InChI is InChI=1S/C19H21ClFN3O3/c1-3-24(11-18(25)22-14-5-4-6-15(10-14)27-2)12-19(26)23-17-8-7-13(20)9-16(17)21/h4-10H,3,11-12H2,1-2H3,(H,22,25)(H,23,26). The lowest BCUT2D eigenvalue weighted by Crippen LogP contribution is -2.38. The molecule has 0 spiro atoms. The summed E-state index contributed by atoms with van der Waals surface area (Å²) in [6.45, 7) is 2.27. The van der Waals surface area contributed by atoms with Gasteiger partial charge in [-0.1, -0.05) is 24.6 Å². The number of nitrogens with one attached hydrogen (secondary N) is 2. The molecule has 0 aliphatic rings. The van der Waals surface area contributed by atoms with Crippen molar-refractivity contribution in [2.24, 2.45) is 0 Å². The number of ether oxygens (including phenoxy) is 1. The van der Waals surface area contributed by atoms with E-state index >= 15 is 0 Å². The second kappa shape index (κ2) is 9.89. The van der Waals surface area contributed by atoms with E-state index in [0.717, 1.165) is 6.07 Å². The van der Waals surface area contributed by atoms with Crippen LogP contribution >= 0.6 is 11.6 Å². The van der Waals surface area contributed by atoms with Crippen LogP contribution in [0.2, 0.25) is 5.02 Å². The van der Waals surface area contributed by atoms with Crippen LogP contribution in [0.25, 0.3) is 0 Å². The van der Waals surface area contributed by atoms with E-state index in [1.165, 1.54) is 12.1 Å². The molecule has 0 heterocycles.